The zero-order chi connectivity index (χ0) is 12.6. The summed E-state index contributed by atoms with van der Waals surface area (Å²) in [4.78, 5) is 29.7. The van der Waals surface area contributed by atoms with Crippen molar-refractivity contribution in [3.05, 3.63) is 15.6 Å². The van der Waals surface area contributed by atoms with Gasteiger partial charge >= 0.3 is 5.97 Å². The predicted octanol–water partition coefficient (Wildman–Crippen LogP) is 1.45. The van der Waals surface area contributed by atoms with Crippen LogP contribution in [0.1, 0.15) is 33.2 Å². The van der Waals surface area contributed by atoms with Gasteiger partial charge in [-0.15, -0.1) is 11.3 Å². The third-order valence-corrected chi connectivity index (χ3v) is 3.79. The van der Waals surface area contributed by atoms with Gasteiger partial charge in [-0.3, -0.25) is 4.79 Å². The first-order valence-electron chi connectivity index (χ1n) is 5.48. The molecule has 1 aromatic heterocycles. The molecule has 0 saturated carbocycles. The average Bonchev–Trinajstić information content (AvgIpc) is 2.83. The standard InChI is InChI=1S/C11H14N2O3S/c1-6-9(12-7(2)17-6)10(14)13-5-3-4-8(13)11(15)16/h8H,3-5H2,1-2H3,(H,15,16)/t8-/m0/s1. The van der Waals surface area contributed by atoms with Crippen LogP contribution in [0.25, 0.3) is 0 Å². The summed E-state index contributed by atoms with van der Waals surface area (Å²) in [5.41, 5.74) is 0.403. The average molecular weight is 254 g/mol. The molecule has 1 aliphatic heterocycles. The van der Waals surface area contributed by atoms with Crippen molar-refractivity contribution in [3.63, 3.8) is 0 Å². The number of aromatic nitrogens is 1. The first-order chi connectivity index (χ1) is 8.00. The molecule has 0 spiro atoms. The molecule has 1 atom stereocenters. The van der Waals surface area contributed by atoms with Crippen LogP contribution in [0.2, 0.25) is 0 Å². The number of rotatable bonds is 2. The van der Waals surface area contributed by atoms with Crippen LogP contribution in [0.5, 0.6) is 0 Å². The highest BCUT2D eigenvalue weighted by atomic mass is 32.1. The highest BCUT2D eigenvalue weighted by molar-refractivity contribution is 7.11. The number of hydrogen-bond acceptors (Lipinski definition) is 4. The Labute approximate surface area is 103 Å². The number of aliphatic carboxylic acids is 1. The molecule has 1 aromatic rings. The second-order valence-electron chi connectivity index (χ2n) is 4.13. The maximum absolute atomic E-state index is 12.2. The molecule has 1 N–H and O–H groups in total. The van der Waals surface area contributed by atoms with Gasteiger partial charge in [-0.05, 0) is 26.7 Å². The third-order valence-electron chi connectivity index (χ3n) is 2.90. The fraction of sp³-hybridized carbons (Fsp3) is 0.545. The van der Waals surface area contributed by atoms with Gasteiger partial charge in [-0.1, -0.05) is 0 Å². The van der Waals surface area contributed by atoms with Crippen LogP contribution in [0.3, 0.4) is 0 Å². The molecule has 0 aromatic carbocycles. The summed E-state index contributed by atoms with van der Waals surface area (Å²) in [5.74, 6) is -1.18. The zero-order valence-corrected chi connectivity index (χ0v) is 10.6. The van der Waals surface area contributed by atoms with E-state index in [0.717, 1.165) is 16.3 Å². The topological polar surface area (TPSA) is 70.5 Å². The number of carbonyl (C=O) groups is 2. The largest absolute Gasteiger partial charge is 0.480 e. The quantitative estimate of drug-likeness (QED) is 0.867. The van der Waals surface area contributed by atoms with Crippen molar-refractivity contribution in [3.8, 4) is 0 Å². The SMILES string of the molecule is Cc1nc(C(=O)N2CCC[C@H]2C(=O)O)c(C)s1. The number of carbonyl (C=O) groups excluding carboxylic acids is 1. The van der Waals surface area contributed by atoms with Crippen molar-refractivity contribution in [2.75, 3.05) is 6.54 Å². The monoisotopic (exact) mass is 254 g/mol. The Balaban J connectivity index is 2.25. The summed E-state index contributed by atoms with van der Waals surface area (Å²) in [6, 6.07) is -0.691. The molecule has 1 fully saturated rings. The van der Waals surface area contributed by atoms with Crippen molar-refractivity contribution in [1.82, 2.24) is 9.88 Å². The molecule has 17 heavy (non-hydrogen) atoms. The third kappa shape index (κ3) is 2.17. The maximum atomic E-state index is 12.2. The summed E-state index contributed by atoms with van der Waals surface area (Å²) in [5, 5.41) is 9.87. The molecular weight excluding hydrogens is 240 g/mol. The van der Waals surface area contributed by atoms with Crippen molar-refractivity contribution >= 4 is 23.2 Å². The number of carboxylic acids is 1. The number of likely N-dealkylation sites (tertiary alicyclic amines) is 1. The molecule has 2 rings (SSSR count). The number of thiazole rings is 1. The van der Waals surface area contributed by atoms with Gasteiger partial charge in [0.25, 0.3) is 5.91 Å². The molecule has 1 amide bonds. The van der Waals surface area contributed by atoms with E-state index in [1.165, 1.54) is 16.2 Å². The minimum absolute atomic E-state index is 0.253. The minimum atomic E-state index is -0.930. The number of hydrogen-bond donors (Lipinski definition) is 1. The van der Waals surface area contributed by atoms with Crippen LogP contribution in [-0.4, -0.2) is 39.5 Å². The van der Waals surface area contributed by atoms with Crippen molar-refractivity contribution in [1.29, 1.82) is 0 Å². The number of aryl methyl sites for hydroxylation is 2. The van der Waals surface area contributed by atoms with Crippen molar-refractivity contribution in [2.45, 2.75) is 32.7 Å². The Hall–Kier alpha value is -1.43. The Morgan fingerprint density at radius 1 is 1.47 bits per heavy atom. The lowest BCUT2D eigenvalue weighted by atomic mass is 10.2. The minimum Gasteiger partial charge on any atom is -0.480 e. The molecule has 1 aliphatic rings. The van der Waals surface area contributed by atoms with E-state index in [0.29, 0.717) is 18.7 Å². The van der Waals surface area contributed by atoms with Crippen LogP contribution >= 0.6 is 11.3 Å². The molecule has 0 unspecified atom stereocenters. The van der Waals surface area contributed by atoms with Gasteiger partial charge in [-0.25, -0.2) is 9.78 Å². The summed E-state index contributed by atoms with van der Waals surface area (Å²) >= 11 is 1.46. The van der Waals surface area contributed by atoms with E-state index < -0.39 is 12.0 Å². The lowest BCUT2D eigenvalue weighted by molar-refractivity contribution is -0.141. The predicted molar refractivity (Wildman–Crippen MR) is 63.3 cm³/mol. The van der Waals surface area contributed by atoms with Gasteiger partial charge in [0, 0.05) is 11.4 Å². The van der Waals surface area contributed by atoms with Crippen LogP contribution in [0, 0.1) is 13.8 Å². The highest BCUT2D eigenvalue weighted by Gasteiger charge is 2.35. The van der Waals surface area contributed by atoms with Crippen LogP contribution in [0.15, 0.2) is 0 Å². The first kappa shape index (κ1) is 12.0. The van der Waals surface area contributed by atoms with Gasteiger partial charge in [-0.2, -0.15) is 0 Å². The number of amides is 1. The molecule has 5 nitrogen and oxygen atoms in total. The van der Waals surface area contributed by atoms with Gasteiger partial charge in [0.1, 0.15) is 11.7 Å². The molecule has 0 aliphatic carbocycles. The zero-order valence-electron chi connectivity index (χ0n) is 9.77. The molecule has 6 heteroatoms. The maximum Gasteiger partial charge on any atom is 0.326 e. The van der Waals surface area contributed by atoms with Gasteiger partial charge in [0.15, 0.2) is 0 Å². The van der Waals surface area contributed by atoms with Crippen molar-refractivity contribution in [2.24, 2.45) is 0 Å². The van der Waals surface area contributed by atoms with Crippen molar-refractivity contribution < 1.29 is 14.7 Å². The smallest absolute Gasteiger partial charge is 0.326 e. The number of carboxylic acid groups (broad SMARTS) is 1. The van der Waals surface area contributed by atoms with E-state index in [-0.39, 0.29) is 5.91 Å². The lowest BCUT2D eigenvalue weighted by Gasteiger charge is -2.20. The second-order valence-corrected chi connectivity index (χ2v) is 5.54. The van der Waals surface area contributed by atoms with E-state index in [1.807, 2.05) is 13.8 Å². The molecule has 92 valence electrons. The van der Waals surface area contributed by atoms with E-state index in [9.17, 15) is 9.59 Å². The summed E-state index contributed by atoms with van der Waals surface area (Å²) < 4.78 is 0. The Bertz CT molecular complexity index is 469. The summed E-state index contributed by atoms with van der Waals surface area (Å²) in [6.07, 6.45) is 1.27. The van der Waals surface area contributed by atoms with E-state index >= 15 is 0 Å². The van der Waals surface area contributed by atoms with Crippen LogP contribution in [-0.2, 0) is 4.79 Å². The fourth-order valence-electron chi connectivity index (χ4n) is 2.13. The normalized spacial score (nSPS) is 19.6. The summed E-state index contributed by atoms with van der Waals surface area (Å²) in [7, 11) is 0. The van der Waals surface area contributed by atoms with E-state index in [4.69, 9.17) is 5.11 Å². The van der Waals surface area contributed by atoms with Crippen LogP contribution in [0.4, 0.5) is 0 Å². The molecular formula is C11H14N2O3S. The highest BCUT2D eigenvalue weighted by Crippen LogP contribution is 2.23. The lowest BCUT2D eigenvalue weighted by Crippen LogP contribution is -2.40. The second kappa shape index (κ2) is 4.44. The fourth-order valence-corrected chi connectivity index (χ4v) is 2.94. The first-order valence-corrected chi connectivity index (χ1v) is 6.30. The molecule has 2 heterocycles. The van der Waals surface area contributed by atoms with E-state index in [1.54, 1.807) is 0 Å². The van der Waals surface area contributed by atoms with Gasteiger partial charge in [0.2, 0.25) is 0 Å². The molecule has 0 radical (unpaired) electrons. The van der Waals surface area contributed by atoms with E-state index in [2.05, 4.69) is 4.98 Å². The number of nitrogens with zero attached hydrogens (tertiary/aromatic N) is 2. The van der Waals surface area contributed by atoms with Gasteiger partial charge < -0.3 is 10.0 Å². The summed E-state index contributed by atoms with van der Waals surface area (Å²) in [6.45, 7) is 4.18. The molecule has 1 saturated heterocycles. The Morgan fingerprint density at radius 3 is 2.71 bits per heavy atom. The Kier molecular flexibility index (Phi) is 3.15. The Morgan fingerprint density at radius 2 is 2.18 bits per heavy atom. The molecule has 0 bridgehead atoms. The van der Waals surface area contributed by atoms with Crippen LogP contribution < -0.4 is 0 Å². The van der Waals surface area contributed by atoms with Gasteiger partial charge in [0.05, 0.1) is 5.01 Å².